The van der Waals surface area contributed by atoms with Crippen molar-refractivity contribution in [3.63, 3.8) is 0 Å². The van der Waals surface area contributed by atoms with Gasteiger partial charge in [-0.05, 0) is 48.7 Å². The van der Waals surface area contributed by atoms with Crippen LogP contribution in [0.3, 0.4) is 0 Å². The van der Waals surface area contributed by atoms with Gasteiger partial charge in [0.05, 0.1) is 14.2 Å². The second-order valence-corrected chi connectivity index (χ2v) is 5.67. The van der Waals surface area contributed by atoms with Gasteiger partial charge in [0.1, 0.15) is 17.2 Å². The van der Waals surface area contributed by atoms with Crippen LogP contribution in [0.1, 0.15) is 16.7 Å². The van der Waals surface area contributed by atoms with Crippen molar-refractivity contribution in [1.82, 2.24) is 5.32 Å². The third-order valence-electron chi connectivity index (χ3n) is 3.50. The highest BCUT2D eigenvalue weighted by Crippen LogP contribution is 2.22. The Morgan fingerprint density at radius 3 is 2.22 bits per heavy atom. The third-order valence-corrected chi connectivity index (χ3v) is 3.50. The van der Waals surface area contributed by atoms with Crippen molar-refractivity contribution in [3.05, 3.63) is 53.1 Å². The molecule has 0 aliphatic rings. The number of carbonyl (C=O) groups excluding carboxylic acids is 1. The van der Waals surface area contributed by atoms with E-state index in [0.29, 0.717) is 30.2 Å². The first-order valence-corrected chi connectivity index (χ1v) is 8.20. The fourth-order valence-electron chi connectivity index (χ4n) is 2.13. The molecule has 7 nitrogen and oxygen atoms in total. The number of hydrogen-bond acceptors (Lipinski definition) is 5. The Hall–Kier alpha value is -3.22. The first kappa shape index (κ1) is 21.8. The summed E-state index contributed by atoms with van der Waals surface area (Å²) < 4.78 is 15.2. The number of ether oxygens (including phenoxy) is 3. The van der Waals surface area contributed by atoms with Crippen LogP contribution in [0.5, 0.6) is 17.2 Å². The summed E-state index contributed by atoms with van der Waals surface area (Å²) in [5.41, 5.74) is 2.95. The largest absolute Gasteiger partial charge is 0.497 e. The van der Waals surface area contributed by atoms with Crippen LogP contribution >= 0.6 is 0 Å². The average molecular weight is 375 g/mol. The van der Waals surface area contributed by atoms with Crippen LogP contribution in [0.25, 0.3) is 0 Å². The number of benzene rings is 2. The lowest BCUT2D eigenvalue weighted by atomic mass is 10.1. The molecule has 0 bridgehead atoms. The Labute approximate surface area is 158 Å². The minimum Gasteiger partial charge on any atom is -0.497 e. The number of aliphatic carboxylic acids is 1. The molecule has 2 N–H and O–H groups in total. The number of aryl methyl sites for hydroxylation is 2. The number of carboxylic acids is 1. The highest BCUT2D eigenvalue weighted by Gasteiger charge is 2.02. The smallest absolute Gasteiger partial charge is 0.341 e. The summed E-state index contributed by atoms with van der Waals surface area (Å²) in [6, 6.07) is 11.2. The molecule has 0 saturated carbocycles. The van der Waals surface area contributed by atoms with E-state index in [9.17, 15) is 9.59 Å². The highest BCUT2D eigenvalue weighted by atomic mass is 16.5. The molecule has 1 amide bonds. The molecular weight excluding hydrogens is 350 g/mol. The van der Waals surface area contributed by atoms with Crippen LogP contribution in [-0.2, 0) is 16.1 Å². The van der Waals surface area contributed by atoms with Crippen molar-refractivity contribution < 1.29 is 28.9 Å². The van der Waals surface area contributed by atoms with Gasteiger partial charge in [-0.2, -0.15) is 0 Å². The van der Waals surface area contributed by atoms with Crippen LogP contribution in [0.15, 0.2) is 36.4 Å². The Morgan fingerprint density at radius 2 is 1.70 bits per heavy atom. The molecule has 146 valence electrons. The second kappa shape index (κ2) is 11.4. The summed E-state index contributed by atoms with van der Waals surface area (Å²) in [6.45, 7) is 4.01. The lowest BCUT2D eigenvalue weighted by molar-refractivity contribution is -0.139. The van der Waals surface area contributed by atoms with E-state index in [0.717, 1.165) is 16.7 Å². The third kappa shape index (κ3) is 8.13. The molecule has 27 heavy (non-hydrogen) atoms. The number of carboxylic acid groups (broad SMARTS) is 1. The number of amides is 1. The van der Waals surface area contributed by atoms with Gasteiger partial charge in [-0.15, -0.1) is 0 Å². The summed E-state index contributed by atoms with van der Waals surface area (Å²) in [6.07, 6.45) is 0.659. The minimum atomic E-state index is -0.957. The standard InChI is InChI=1S/C10H13NO3.C10H12O3/c1-13-9-3-8(6-11-7-12)4-10(5-9)14-2;1-7-3-4-8(2)9(5-7)13-6-10(11)12/h3-5,7H,6H2,1-2H3,(H,11,12);3-5H,6H2,1-2H3,(H,11,12). The van der Waals surface area contributed by atoms with Gasteiger partial charge in [0.15, 0.2) is 6.61 Å². The molecule has 0 radical (unpaired) electrons. The van der Waals surface area contributed by atoms with E-state index >= 15 is 0 Å². The van der Waals surface area contributed by atoms with E-state index in [4.69, 9.17) is 19.3 Å². The van der Waals surface area contributed by atoms with Crippen LogP contribution < -0.4 is 19.5 Å². The Morgan fingerprint density at radius 1 is 1.07 bits per heavy atom. The zero-order valence-electron chi connectivity index (χ0n) is 15.9. The van der Waals surface area contributed by atoms with E-state index in [2.05, 4.69) is 5.32 Å². The second-order valence-electron chi connectivity index (χ2n) is 5.67. The molecule has 0 unspecified atom stereocenters. The fourth-order valence-corrected chi connectivity index (χ4v) is 2.13. The van der Waals surface area contributed by atoms with Crippen LogP contribution in [0, 0.1) is 13.8 Å². The molecule has 0 aromatic heterocycles. The molecule has 0 heterocycles. The quantitative estimate of drug-likeness (QED) is 0.689. The summed E-state index contributed by atoms with van der Waals surface area (Å²) in [4.78, 5) is 20.4. The predicted octanol–water partition coefficient (Wildman–Crippen LogP) is 2.72. The van der Waals surface area contributed by atoms with E-state index in [1.165, 1.54) is 0 Å². The molecule has 7 heteroatoms. The van der Waals surface area contributed by atoms with Gasteiger partial charge in [0, 0.05) is 12.6 Å². The maximum absolute atomic E-state index is 10.2. The van der Waals surface area contributed by atoms with E-state index < -0.39 is 5.97 Å². The van der Waals surface area contributed by atoms with Crippen molar-refractivity contribution in [3.8, 4) is 17.2 Å². The van der Waals surface area contributed by atoms with Crippen molar-refractivity contribution in [2.45, 2.75) is 20.4 Å². The van der Waals surface area contributed by atoms with Crippen molar-refractivity contribution in [2.24, 2.45) is 0 Å². The molecule has 0 fully saturated rings. The Kier molecular flexibility index (Phi) is 9.22. The van der Waals surface area contributed by atoms with Gasteiger partial charge in [0.25, 0.3) is 0 Å². The van der Waals surface area contributed by atoms with Gasteiger partial charge in [0.2, 0.25) is 6.41 Å². The summed E-state index contributed by atoms with van der Waals surface area (Å²) in [7, 11) is 3.18. The van der Waals surface area contributed by atoms with Gasteiger partial charge in [-0.1, -0.05) is 12.1 Å². The molecule has 0 saturated heterocycles. The highest BCUT2D eigenvalue weighted by molar-refractivity contribution is 5.68. The lowest BCUT2D eigenvalue weighted by Crippen LogP contribution is -2.10. The van der Waals surface area contributed by atoms with E-state index in [1.807, 2.05) is 44.2 Å². The number of hydrogen-bond donors (Lipinski definition) is 2. The first-order valence-electron chi connectivity index (χ1n) is 8.20. The van der Waals surface area contributed by atoms with Crippen molar-refractivity contribution in [2.75, 3.05) is 20.8 Å². The van der Waals surface area contributed by atoms with Gasteiger partial charge in [-0.3, -0.25) is 4.79 Å². The normalized spacial score (nSPS) is 9.48. The first-order chi connectivity index (χ1) is 12.9. The van der Waals surface area contributed by atoms with Crippen LogP contribution in [0.4, 0.5) is 0 Å². The SMILES string of the molecule is COc1cc(CNC=O)cc(OC)c1.Cc1ccc(C)c(OCC(=O)O)c1. The average Bonchev–Trinajstić information content (AvgIpc) is 2.67. The van der Waals surface area contributed by atoms with Crippen LogP contribution in [-0.4, -0.2) is 38.3 Å². The maximum Gasteiger partial charge on any atom is 0.341 e. The van der Waals surface area contributed by atoms with Gasteiger partial charge in [-0.25, -0.2) is 4.79 Å². The topological polar surface area (TPSA) is 94.1 Å². The van der Waals surface area contributed by atoms with Crippen molar-refractivity contribution in [1.29, 1.82) is 0 Å². The van der Waals surface area contributed by atoms with Crippen molar-refractivity contribution >= 4 is 12.4 Å². The van der Waals surface area contributed by atoms with Gasteiger partial charge >= 0.3 is 5.97 Å². The Balaban J connectivity index is 0.000000271. The molecule has 2 rings (SSSR count). The zero-order valence-corrected chi connectivity index (χ0v) is 15.9. The summed E-state index contributed by atoms with van der Waals surface area (Å²) in [5, 5.41) is 11.0. The zero-order chi connectivity index (χ0) is 20.2. The Bertz CT molecular complexity index is 738. The number of rotatable bonds is 8. The van der Waals surface area contributed by atoms with Crippen LogP contribution in [0.2, 0.25) is 0 Å². The molecular formula is C20H25NO6. The monoisotopic (exact) mass is 375 g/mol. The molecule has 2 aromatic rings. The summed E-state index contributed by atoms with van der Waals surface area (Å²) >= 11 is 0. The molecule has 0 atom stereocenters. The predicted molar refractivity (Wildman–Crippen MR) is 101 cm³/mol. The number of carbonyl (C=O) groups is 2. The number of nitrogens with one attached hydrogen (secondary N) is 1. The molecule has 0 aliphatic heterocycles. The number of methoxy groups -OCH3 is 2. The molecule has 2 aromatic carbocycles. The van der Waals surface area contributed by atoms with E-state index in [1.54, 1.807) is 20.3 Å². The fraction of sp³-hybridized carbons (Fsp3) is 0.300. The minimum absolute atomic E-state index is 0.287. The van der Waals surface area contributed by atoms with Gasteiger partial charge < -0.3 is 24.6 Å². The summed E-state index contributed by atoms with van der Waals surface area (Å²) in [5.74, 6) is 1.11. The molecule has 0 spiro atoms. The van der Waals surface area contributed by atoms with E-state index in [-0.39, 0.29) is 6.61 Å². The molecule has 0 aliphatic carbocycles. The lowest BCUT2D eigenvalue weighted by Gasteiger charge is -2.07. The maximum atomic E-state index is 10.2.